The van der Waals surface area contributed by atoms with E-state index in [1.807, 2.05) is 0 Å². The number of aliphatic hydroxyl groups is 1. The zero-order chi connectivity index (χ0) is 10.3. The number of halogens is 2. The highest BCUT2D eigenvalue weighted by molar-refractivity contribution is 6.36. The number of rotatable bonds is 2. The number of hydrogen-bond acceptors (Lipinski definition) is 1. The normalized spacial score (nSPS) is 30.4. The Hall–Kier alpha value is -0.240. The highest BCUT2D eigenvalue weighted by atomic mass is 35.5. The molecule has 3 heteroatoms. The van der Waals surface area contributed by atoms with E-state index in [-0.39, 0.29) is 0 Å². The Bertz CT molecular complexity index is 344. The summed E-state index contributed by atoms with van der Waals surface area (Å²) in [6.45, 7) is 2.06. The zero-order valence-corrected chi connectivity index (χ0v) is 9.44. The van der Waals surface area contributed by atoms with Crippen LogP contribution in [0.5, 0.6) is 0 Å². The first kappa shape index (κ1) is 10.3. The molecular weight excluding hydrogens is 219 g/mol. The van der Waals surface area contributed by atoms with Crippen molar-refractivity contribution in [3.05, 3.63) is 33.8 Å². The van der Waals surface area contributed by atoms with Gasteiger partial charge >= 0.3 is 0 Å². The Morgan fingerprint density at radius 1 is 1.43 bits per heavy atom. The average molecular weight is 231 g/mol. The van der Waals surface area contributed by atoms with Crippen molar-refractivity contribution < 1.29 is 5.11 Å². The summed E-state index contributed by atoms with van der Waals surface area (Å²) in [4.78, 5) is 0. The summed E-state index contributed by atoms with van der Waals surface area (Å²) in [5.74, 6) is 0.305. The molecule has 1 fully saturated rings. The minimum Gasteiger partial charge on any atom is -0.385 e. The Morgan fingerprint density at radius 2 is 2.00 bits per heavy atom. The molecule has 1 nitrogen and oxygen atoms in total. The van der Waals surface area contributed by atoms with Crippen molar-refractivity contribution in [1.82, 2.24) is 0 Å². The lowest BCUT2D eigenvalue weighted by Gasteiger charge is -2.14. The van der Waals surface area contributed by atoms with Gasteiger partial charge in [-0.05, 0) is 24.5 Å². The number of benzene rings is 1. The van der Waals surface area contributed by atoms with Gasteiger partial charge in [0.1, 0.15) is 0 Å². The molecule has 1 aromatic rings. The molecule has 1 saturated carbocycles. The molecular formula is C11H12Cl2O. The van der Waals surface area contributed by atoms with Crippen LogP contribution in [0.3, 0.4) is 0 Å². The van der Waals surface area contributed by atoms with Crippen LogP contribution in [-0.2, 0) is 5.60 Å². The standard InChI is InChI=1S/C11H12Cl2O/c1-2-7-6-11(7,14)10-8(12)4-3-5-9(10)13/h3-5,7,14H,2,6H2,1H3. The van der Waals surface area contributed by atoms with Gasteiger partial charge in [0, 0.05) is 15.6 Å². The van der Waals surface area contributed by atoms with E-state index in [9.17, 15) is 5.11 Å². The highest BCUT2D eigenvalue weighted by Crippen LogP contribution is 2.57. The topological polar surface area (TPSA) is 20.2 Å². The summed E-state index contributed by atoms with van der Waals surface area (Å²) in [6.07, 6.45) is 1.73. The van der Waals surface area contributed by atoms with E-state index in [0.29, 0.717) is 21.5 Å². The lowest BCUT2D eigenvalue weighted by Crippen LogP contribution is -2.10. The minimum absolute atomic E-state index is 0.305. The number of hydrogen-bond donors (Lipinski definition) is 1. The first-order valence-electron chi connectivity index (χ1n) is 4.76. The second-order valence-corrected chi connectivity index (χ2v) is 4.64. The van der Waals surface area contributed by atoms with Crippen molar-refractivity contribution >= 4 is 23.2 Å². The second-order valence-electron chi connectivity index (χ2n) is 3.83. The average Bonchev–Trinajstić information content (AvgIpc) is 2.77. The smallest absolute Gasteiger partial charge is 0.0958 e. The van der Waals surface area contributed by atoms with Gasteiger partial charge in [-0.15, -0.1) is 0 Å². The zero-order valence-electron chi connectivity index (χ0n) is 7.93. The summed E-state index contributed by atoms with van der Waals surface area (Å²) < 4.78 is 0. The van der Waals surface area contributed by atoms with E-state index >= 15 is 0 Å². The van der Waals surface area contributed by atoms with Gasteiger partial charge in [0.25, 0.3) is 0 Å². The van der Waals surface area contributed by atoms with E-state index in [1.165, 1.54) is 0 Å². The molecule has 0 aliphatic heterocycles. The maximum absolute atomic E-state index is 10.3. The Labute approximate surface area is 93.7 Å². The molecule has 1 aromatic carbocycles. The molecule has 0 spiro atoms. The molecule has 0 bridgehead atoms. The minimum atomic E-state index is -0.774. The largest absolute Gasteiger partial charge is 0.385 e. The van der Waals surface area contributed by atoms with Crippen LogP contribution in [0.15, 0.2) is 18.2 Å². The van der Waals surface area contributed by atoms with Gasteiger partial charge in [0.15, 0.2) is 0 Å². The Morgan fingerprint density at radius 3 is 2.43 bits per heavy atom. The van der Waals surface area contributed by atoms with Gasteiger partial charge in [-0.3, -0.25) is 0 Å². The van der Waals surface area contributed by atoms with Gasteiger partial charge in [-0.2, -0.15) is 0 Å². The third-order valence-electron chi connectivity index (χ3n) is 2.96. The monoisotopic (exact) mass is 230 g/mol. The van der Waals surface area contributed by atoms with E-state index in [1.54, 1.807) is 18.2 Å². The first-order valence-corrected chi connectivity index (χ1v) is 5.52. The summed E-state index contributed by atoms with van der Waals surface area (Å²) in [5, 5.41) is 11.4. The molecule has 1 N–H and O–H groups in total. The lowest BCUT2D eigenvalue weighted by atomic mass is 10.0. The maximum Gasteiger partial charge on any atom is 0.0958 e. The van der Waals surface area contributed by atoms with Gasteiger partial charge in [0.2, 0.25) is 0 Å². The molecule has 76 valence electrons. The highest BCUT2D eigenvalue weighted by Gasteiger charge is 2.54. The van der Waals surface area contributed by atoms with E-state index in [2.05, 4.69) is 6.92 Å². The molecule has 0 aromatic heterocycles. The Balaban J connectivity index is 2.43. The van der Waals surface area contributed by atoms with Crippen LogP contribution in [0.4, 0.5) is 0 Å². The van der Waals surface area contributed by atoms with Gasteiger partial charge < -0.3 is 5.11 Å². The molecule has 2 atom stereocenters. The predicted molar refractivity (Wildman–Crippen MR) is 58.8 cm³/mol. The quantitative estimate of drug-likeness (QED) is 0.824. The fourth-order valence-electron chi connectivity index (χ4n) is 2.02. The lowest BCUT2D eigenvalue weighted by molar-refractivity contribution is 0.130. The van der Waals surface area contributed by atoms with Gasteiger partial charge in [0.05, 0.1) is 5.60 Å². The van der Waals surface area contributed by atoms with E-state index in [4.69, 9.17) is 23.2 Å². The summed E-state index contributed by atoms with van der Waals surface area (Å²) in [5.41, 5.74) is -0.0698. The van der Waals surface area contributed by atoms with Crippen LogP contribution in [0, 0.1) is 5.92 Å². The van der Waals surface area contributed by atoms with Crippen LogP contribution in [-0.4, -0.2) is 5.11 Å². The van der Waals surface area contributed by atoms with E-state index < -0.39 is 5.60 Å². The third-order valence-corrected chi connectivity index (χ3v) is 3.59. The molecule has 1 aliphatic carbocycles. The van der Waals surface area contributed by atoms with E-state index in [0.717, 1.165) is 12.8 Å². The van der Waals surface area contributed by atoms with Crippen molar-refractivity contribution in [3.8, 4) is 0 Å². The fraction of sp³-hybridized carbons (Fsp3) is 0.455. The molecule has 0 amide bonds. The van der Waals surface area contributed by atoms with Crippen molar-refractivity contribution in [2.45, 2.75) is 25.4 Å². The summed E-state index contributed by atoms with van der Waals surface area (Å²) in [7, 11) is 0. The van der Waals surface area contributed by atoms with Gasteiger partial charge in [-0.25, -0.2) is 0 Å². The molecule has 0 saturated heterocycles. The van der Waals surface area contributed by atoms with Crippen LogP contribution in [0.25, 0.3) is 0 Å². The third kappa shape index (κ3) is 1.44. The summed E-state index contributed by atoms with van der Waals surface area (Å²) >= 11 is 12.1. The second kappa shape index (κ2) is 3.41. The molecule has 2 unspecified atom stereocenters. The molecule has 0 heterocycles. The van der Waals surface area contributed by atoms with Crippen molar-refractivity contribution in [3.63, 3.8) is 0 Å². The van der Waals surface area contributed by atoms with Crippen LogP contribution >= 0.6 is 23.2 Å². The predicted octanol–water partition coefficient (Wildman–Crippen LogP) is 3.61. The van der Waals surface area contributed by atoms with Crippen molar-refractivity contribution in [2.75, 3.05) is 0 Å². The molecule has 14 heavy (non-hydrogen) atoms. The fourth-order valence-corrected chi connectivity index (χ4v) is 2.74. The van der Waals surface area contributed by atoms with Crippen LogP contribution in [0.2, 0.25) is 10.0 Å². The maximum atomic E-state index is 10.3. The summed E-state index contributed by atoms with van der Waals surface area (Å²) in [6, 6.07) is 5.33. The van der Waals surface area contributed by atoms with Gasteiger partial charge in [-0.1, -0.05) is 42.6 Å². The molecule has 1 aliphatic rings. The first-order chi connectivity index (χ1) is 6.59. The Kier molecular flexibility index (Phi) is 2.50. The van der Waals surface area contributed by atoms with Crippen molar-refractivity contribution in [2.24, 2.45) is 5.92 Å². The van der Waals surface area contributed by atoms with Crippen LogP contribution < -0.4 is 0 Å². The SMILES string of the molecule is CCC1CC1(O)c1c(Cl)cccc1Cl. The molecule has 2 rings (SSSR count). The van der Waals surface area contributed by atoms with Crippen LogP contribution in [0.1, 0.15) is 25.3 Å². The van der Waals surface area contributed by atoms with Crippen molar-refractivity contribution in [1.29, 1.82) is 0 Å². The molecule has 0 radical (unpaired) electrons.